The molecule has 1 aromatic heterocycles. The highest BCUT2D eigenvalue weighted by Gasteiger charge is 2.13. The highest BCUT2D eigenvalue weighted by Crippen LogP contribution is 2.28. The van der Waals surface area contributed by atoms with Crippen LogP contribution in [0.15, 0.2) is 24.3 Å². The SMILES string of the molecule is CC[CH+]OCC(=O)OCc1sc(-c2ccc(F)cc2)nc1C. The van der Waals surface area contributed by atoms with Crippen LogP contribution in [0.4, 0.5) is 4.39 Å². The second-order valence-electron chi connectivity index (χ2n) is 4.58. The average molecular weight is 322 g/mol. The molecule has 0 saturated heterocycles. The van der Waals surface area contributed by atoms with E-state index in [1.807, 2.05) is 13.8 Å². The minimum absolute atomic E-state index is 0.0868. The summed E-state index contributed by atoms with van der Waals surface area (Å²) in [6, 6.07) is 6.15. The topological polar surface area (TPSA) is 48.4 Å². The van der Waals surface area contributed by atoms with Crippen molar-refractivity contribution in [3.05, 3.63) is 47.3 Å². The van der Waals surface area contributed by atoms with Crippen LogP contribution < -0.4 is 0 Å². The number of ether oxygens (including phenoxy) is 2. The molecule has 22 heavy (non-hydrogen) atoms. The van der Waals surface area contributed by atoms with Gasteiger partial charge in [-0.25, -0.2) is 14.2 Å². The maximum absolute atomic E-state index is 12.9. The van der Waals surface area contributed by atoms with Crippen LogP contribution in [0, 0.1) is 19.3 Å². The first-order valence-electron chi connectivity index (χ1n) is 6.91. The van der Waals surface area contributed by atoms with E-state index in [2.05, 4.69) is 4.98 Å². The fourth-order valence-electron chi connectivity index (χ4n) is 1.71. The van der Waals surface area contributed by atoms with Crippen LogP contribution in [0.5, 0.6) is 0 Å². The summed E-state index contributed by atoms with van der Waals surface area (Å²) in [6.45, 7) is 5.42. The molecule has 2 rings (SSSR count). The van der Waals surface area contributed by atoms with Gasteiger partial charge in [-0.2, -0.15) is 4.74 Å². The maximum atomic E-state index is 12.9. The van der Waals surface area contributed by atoms with Crippen molar-refractivity contribution in [1.29, 1.82) is 0 Å². The van der Waals surface area contributed by atoms with Crippen molar-refractivity contribution < 1.29 is 18.7 Å². The Labute approximate surface area is 132 Å². The lowest BCUT2D eigenvalue weighted by molar-refractivity contribution is -0.149. The van der Waals surface area contributed by atoms with Gasteiger partial charge in [0.05, 0.1) is 10.6 Å². The normalized spacial score (nSPS) is 10.5. The highest BCUT2D eigenvalue weighted by atomic mass is 32.1. The van der Waals surface area contributed by atoms with Crippen molar-refractivity contribution in [2.75, 3.05) is 6.61 Å². The fourth-order valence-corrected chi connectivity index (χ4v) is 2.69. The van der Waals surface area contributed by atoms with E-state index in [1.165, 1.54) is 23.5 Å². The largest absolute Gasteiger partial charge is 0.458 e. The number of aryl methyl sites for hydroxylation is 1. The van der Waals surface area contributed by atoms with Crippen molar-refractivity contribution in [3.63, 3.8) is 0 Å². The number of carbonyl (C=O) groups excluding carboxylic acids is 1. The van der Waals surface area contributed by atoms with E-state index in [0.29, 0.717) is 0 Å². The molecule has 0 aliphatic heterocycles. The monoisotopic (exact) mass is 322 g/mol. The predicted molar refractivity (Wildman–Crippen MR) is 82.6 cm³/mol. The smallest absolute Gasteiger partial charge is 0.337 e. The van der Waals surface area contributed by atoms with E-state index in [-0.39, 0.29) is 19.0 Å². The molecular weight excluding hydrogens is 305 g/mol. The molecule has 0 fully saturated rings. The van der Waals surface area contributed by atoms with Crippen molar-refractivity contribution in [2.24, 2.45) is 0 Å². The summed E-state index contributed by atoms with van der Waals surface area (Å²) in [7, 11) is 0. The molecule has 0 bridgehead atoms. The molecule has 0 N–H and O–H groups in total. The summed E-state index contributed by atoms with van der Waals surface area (Å²) in [6.07, 6.45) is 0.738. The first-order chi connectivity index (χ1) is 10.6. The Kier molecular flexibility index (Phi) is 5.91. The van der Waals surface area contributed by atoms with Gasteiger partial charge in [0.1, 0.15) is 23.9 Å². The van der Waals surface area contributed by atoms with Crippen LogP contribution in [0.1, 0.15) is 23.9 Å². The minimum Gasteiger partial charge on any atom is -0.458 e. The van der Waals surface area contributed by atoms with Crippen LogP contribution >= 0.6 is 11.3 Å². The molecular formula is C16H17FNO3S+. The van der Waals surface area contributed by atoms with Gasteiger partial charge in [0, 0.05) is 5.56 Å². The zero-order valence-electron chi connectivity index (χ0n) is 12.5. The molecule has 6 heteroatoms. The molecule has 0 amide bonds. The van der Waals surface area contributed by atoms with Crippen molar-refractivity contribution in [2.45, 2.75) is 26.9 Å². The Morgan fingerprint density at radius 1 is 1.36 bits per heavy atom. The van der Waals surface area contributed by atoms with Crippen LogP contribution in [-0.2, 0) is 20.9 Å². The fraction of sp³-hybridized carbons (Fsp3) is 0.312. The van der Waals surface area contributed by atoms with Crippen molar-refractivity contribution in [1.82, 2.24) is 4.98 Å². The van der Waals surface area contributed by atoms with E-state index in [1.54, 1.807) is 18.7 Å². The first kappa shape index (κ1) is 16.5. The molecule has 0 aliphatic carbocycles. The summed E-state index contributed by atoms with van der Waals surface area (Å²) in [5, 5.41) is 0.777. The van der Waals surface area contributed by atoms with E-state index >= 15 is 0 Å². The highest BCUT2D eigenvalue weighted by molar-refractivity contribution is 7.15. The molecule has 0 atom stereocenters. The van der Waals surface area contributed by atoms with Gasteiger partial charge in [0.2, 0.25) is 6.61 Å². The van der Waals surface area contributed by atoms with E-state index in [4.69, 9.17) is 9.47 Å². The summed E-state index contributed by atoms with van der Waals surface area (Å²) in [5.74, 6) is -0.698. The van der Waals surface area contributed by atoms with Crippen LogP contribution in [0.2, 0.25) is 0 Å². The second kappa shape index (κ2) is 7.91. The number of thiazole rings is 1. The molecule has 0 radical (unpaired) electrons. The van der Waals surface area contributed by atoms with Crippen LogP contribution in [-0.4, -0.2) is 17.6 Å². The standard InChI is InChI=1S/C16H17FNO3S/c1-3-8-20-10-15(19)21-9-14-11(2)18-16(22-14)12-4-6-13(17)7-5-12/h4-8H,3,9-10H2,1-2H3/q+1. The molecule has 2 aromatic rings. The van der Waals surface area contributed by atoms with Crippen LogP contribution in [0.3, 0.4) is 0 Å². The van der Waals surface area contributed by atoms with Gasteiger partial charge < -0.3 is 4.74 Å². The Hall–Kier alpha value is -1.92. The van der Waals surface area contributed by atoms with Gasteiger partial charge in [0.15, 0.2) is 6.61 Å². The lowest BCUT2D eigenvalue weighted by Crippen LogP contribution is -2.11. The molecule has 0 aliphatic rings. The zero-order valence-corrected chi connectivity index (χ0v) is 13.3. The minimum atomic E-state index is -0.416. The number of aromatic nitrogens is 1. The molecule has 1 aromatic carbocycles. The quantitative estimate of drug-likeness (QED) is 0.441. The number of halogens is 1. The number of nitrogens with zero attached hydrogens (tertiary/aromatic N) is 1. The van der Waals surface area contributed by atoms with Crippen molar-refractivity contribution in [3.8, 4) is 10.6 Å². The third kappa shape index (κ3) is 4.54. The molecule has 116 valence electrons. The first-order valence-corrected chi connectivity index (χ1v) is 7.73. The number of carbonyl (C=O) groups is 1. The van der Waals surface area contributed by atoms with Crippen LogP contribution in [0.25, 0.3) is 10.6 Å². The Morgan fingerprint density at radius 3 is 2.77 bits per heavy atom. The van der Waals surface area contributed by atoms with Gasteiger partial charge in [0.25, 0.3) is 0 Å². The lowest BCUT2D eigenvalue weighted by Gasteiger charge is -2.01. The molecule has 0 unspecified atom stereocenters. The third-order valence-electron chi connectivity index (χ3n) is 2.83. The molecule has 0 saturated carbocycles. The number of hydrogen-bond acceptors (Lipinski definition) is 5. The zero-order chi connectivity index (χ0) is 15.9. The van der Waals surface area contributed by atoms with Crippen molar-refractivity contribution >= 4 is 17.3 Å². The van der Waals surface area contributed by atoms with Gasteiger partial charge >= 0.3 is 5.97 Å². The Bertz CT molecular complexity index is 625. The maximum Gasteiger partial charge on any atom is 0.337 e. The second-order valence-corrected chi connectivity index (χ2v) is 5.66. The number of benzene rings is 1. The molecule has 0 spiro atoms. The van der Waals surface area contributed by atoms with E-state index in [0.717, 1.165) is 27.6 Å². The predicted octanol–water partition coefficient (Wildman–Crippen LogP) is 3.89. The van der Waals surface area contributed by atoms with Gasteiger partial charge in [-0.15, -0.1) is 11.3 Å². The lowest BCUT2D eigenvalue weighted by atomic mass is 10.2. The van der Waals surface area contributed by atoms with E-state index in [9.17, 15) is 9.18 Å². The molecule has 4 nitrogen and oxygen atoms in total. The Morgan fingerprint density at radius 2 is 2.09 bits per heavy atom. The molecule has 1 heterocycles. The summed E-state index contributed by atoms with van der Waals surface area (Å²) < 4.78 is 23.1. The summed E-state index contributed by atoms with van der Waals surface area (Å²) >= 11 is 1.43. The van der Waals surface area contributed by atoms with Gasteiger partial charge in [-0.1, -0.05) is 0 Å². The van der Waals surface area contributed by atoms with E-state index < -0.39 is 5.97 Å². The van der Waals surface area contributed by atoms with Gasteiger partial charge in [-0.3, -0.25) is 0 Å². The summed E-state index contributed by atoms with van der Waals surface area (Å²) in [5.41, 5.74) is 1.64. The number of hydrogen-bond donors (Lipinski definition) is 0. The Balaban J connectivity index is 1.95. The third-order valence-corrected chi connectivity index (χ3v) is 4.01. The average Bonchev–Trinajstić information content (AvgIpc) is 2.87. The summed E-state index contributed by atoms with van der Waals surface area (Å²) in [4.78, 5) is 16.8. The van der Waals surface area contributed by atoms with Gasteiger partial charge in [-0.05, 0) is 38.1 Å². The number of esters is 1. The number of rotatable bonds is 7.